The van der Waals surface area contributed by atoms with Gasteiger partial charge in [-0.2, -0.15) is 13.2 Å². The van der Waals surface area contributed by atoms with E-state index in [2.05, 4.69) is 31.4 Å². The van der Waals surface area contributed by atoms with Crippen LogP contribution in [0.25, 0.3) is 11.5 Å². The summed E-state index contributed by atoms with van der Waals surface area (Å²) < 4.78 is 45.1. The number of amides is 1. The number of hydrogen-bond acceptors (Lipinski definition) is 5. The summed E-state index contributed by atoms with van der Waals surface area (Å²) in [4.78, 5) is 12.0. The van der Waals surface area contributed by atoms with Crippen molar-refractivity contribution in [2.45, 2.75) is 11.4 Å². The van der Waals surface area contributed by atoms with Gasteiger partial charge in [-0.25, -0.2) is 0 Å². The molecule has 0 aliphatic rings. The Morgan fingerprint density at radius 1 is 1.11 bits per heavy atom. The quantitative estimate of drug-likeness (QED) is 0.530. The molecule has 0 saturated carbocycles. The van der Waals surface area contributed by atoms with Crippen LogP contribution in [0.1, 0.15) is 5.56 Å². The number of para-hydroxylation sites is 1. The van der Waals surface area contributed by atoms with Crippen molar-refractivity contribution in [2.75, 3.05) is 11.1 Å². The minimum atomic E-state index is -4.55. The average molecular weight is 458 g/mol. The number of nitrogens with one attached hydrogen (secondary N) is 1. The molecule has 1 amide bonds. The number of thioether (sulfide) groups is 1. The Hall–Kier alpha value is -2.33. The molecular formula is C17H11BrF3N3O2S. The van der Waals surface area contributed by atoms with E-state index in [0.29, 0.717) is 5.56 Å². The van der Waals surface area contributed by atoms with Crippen LogP contribution in [0.3, 0.4) is 0 Å². The first-order valence-corrected chi connectivity index (χ1v) is 9.30. The van der Waals surface area contributed by atoms with Gasteiger partial charge in [0.15, 0.2) is 0 Å². The van der Waals surface area contributed by atoms with Crippen LogP contribution in [-0.4, -0.2) is 21.9 Å². The first-order valence-electron chi connectivity index (χ1n) is 7.52. The number of nitrogens with zero attached hydrogens (tertiary/aromatic N) is 2. The third kappa shape index (κ3) is 4.89. The monoisotopic (exact) mass is 457 g/mol. The fourth-order valence-electron chi connectivity index (χ4n) is 2.16. The van der Waals surface area contributed by atoms with E-state index in [0.717, 1.165) is 22.3 Å². The summed E-state index contributed by atoms with van der Waals surface area (Å²) in [7, 11) is 0. The molecule has 0 bridgehead atoms. The maximum atomic E-state index is 13.0. The molecule has 10 heteroatoms. The van der Waals surface area contributed by atoms with E-state index in [4.69, 9.17) is 4.42 Å². The maximum absolute atomic E-state index is 13.0. The Kier molecular flexibility index (Phi) is 5.85. The number of anilines is 1. The first-order chi connectivity index (χ1) is 12.8. The van der Waals surface area contributed by atoms with Gasteiger partial charge in [0.2, 0.25) is 11.8 Å². The van der Waals surface area contributed by atoms with Gasteiger partial charge in [-0.15, -0.1) is 10.2 Å². The molecule has 0 aliphatic heterocycles. The Morgan fingerprint density at radius 3 is 2.56 bits per heavy atom. The lowest BCUT2D eigenvalue weighted by Gasteiger charge is -2.13. The van der Waals surface area contributed by atoms with Gasteiger partial charge in [-0.05, 0) is 40.2 Å². The Morgan fingerprint density at radius 2 is 1.81 bits per heavy atom. The molecule has 0 fully saturated rings. The van der Waals surface area contributed by atoms with Crippen LogP contribution in [0, 0.1) is 0 Å². The van der Waals surface area contributed by atoms with Crippen molar-refractivity contribution >= 4 is 39.3 Å². The van der Waals surface area contributed by atoms with E-state index in [1.807, 2.05) is 18.2 Å². The van der Waals surface area contributed by atoms with Crippen molar-refractivity contribution in [1.29, 1.82) is 0 Å². The molecule has 140 valence electrons. The van der Waals surface area contributed by atoms with Crippen LogP contribution < -0.4 is 5.32 Å². The Labute approximate surface area is 164 Å². The zero-order valence-corrected chi connectivity index (χ0v) is 15.9. The van der Waals surface area contributed by atoms with Gasteiger partial charge in [0.25, 0.3) is 5.22 Å². The van der Waals surface area contributed by atoms with E-state index in [-0.39, 0.29) is 22.6 Å². The van der Waals surface area contributed by atoms with E-state index in [9.17, 15) is 18.0 Å². The molecule has 0 spiro atoms. The molecule has 1 N–H and O–H groups in total. The third-order valence-corrected chi connectivity index (χ3v) is 4.85. The zero-order valence-electron chi connectivity index (χ0n) is 13.5. The Bertz CT molecular complexity index is 962. The SMILES string of the molecule is O=C(CSc1nnc(-c2ccccc2Br)o1)Nc1ccccc1C(F)(F)F. The topological polar surface area (TPSA) is 68.0 Å². The highest BCUT2D eigenvalue weighted by Gasteiger charge is 2.33. The molecule has 2 aromatic carbocycles. The highest BCUT2D eigenvalue weighted by Crippen LogP contribution is 2.34. The lowest BCUT2D eigenvalue weighted by atomic mass is 10.1. The predicted molar refractivity (Wildman–Crippen MR) is 98.2 cm³/mol. The molecule has 5 nitrogen and oxygen atoms in total. The van der Waals surface area contributed by atoms with Crippen molar-refractivity contribution in [1.82, 2.24) is 10.2 Å². The van der Waals surface area contributed by atoms with Gasteiger partial charge in [0, 0.05) is 4.47 Å². The number of rotatable bonds is 5. The fourth-order valence-corrected chi connectivity index (χ4v) is 3.18. The van der Waals surface area contributed by atoms with E-state index in [1.165, 1.54) is 18.2 Å². The van der Waals surface area contributed by atoms with Gasteiger partial charge in [0.05, 0.1) is 22.6 Å². The first kappa shape index (κ1) is 19.4. The van der Waals surface area contributed by atoms with Gasteiger partial charge in [-0.3, -0.25) is 4.79 Å². The number of benzene rings is 2. The van der Waals surface area contributed by atoms with Crippen molar-refractivity contribution in [2.24, 2.45) is 0 Å². The van der Waals surface area contributed by atoms with Gasteiger partial charge >= 0.3 is 6.18 Å². The summed E-state index contributed by atoms with van der Waals surface area (Å²) >= 11 is 4.31. The minimum Gasteiger partial charge on any atom is -0.411 e. The molecule has 27 heavy (non-hydrogen) atoms. The number of carbonyl (C=O) groups excluding carboxylic acids is 1. The summed E-state index contributed by atoms with van der Waals surface area (Å²) in [6.45, 7) is 0. The summed E-state index contributed by atoms with van der Waals surface area (Å²) in [5.74, 6) is -0.519. The van der Waals surface area contributed by atoms with Gasteiger partial charge < -0.3 is 9.73 Å². The summed E-state index contributed by atoms with van der Waals surface area (Å²) in [5, 5.41) is 10.1. The second kappa shape index (κ2) is 8.13. The molecule has 3 aromatic rings. The highest BCUT2D eigenvalue weighted by molar-refractivity contribution is 9.10. The molecular weight excluding hydrogens is 447 g/mol. The molecule has 0 aliphatic carbocycles. The zero-order chi connectivity index (χ0) is 19.4. The highest BCUT2D eigenvalue weighted by atomic mass is 79.9. The second-order valence-electron chi connectivity index (χ2n) is 5.23. The predicted octanol–water partition coefficient (Wildman–Crippen LogP) is 5.25. The molecule has 0 atom stereocenters. The smallest absolute Gasteiger partial charge is 0.411 e. The van der Waals surface area contributed by atoms with Crippen LogP contribution >= 0.6 is 27.7 Å². The number of aromatic nitrogens is 2. The normalized spacial score (nSPS) is 11.4. The van der Waals surface area contributed by atoms with Gasteiger partial charge in [0.1, 0.15) is 0 Å². The molecule has 0 radical (unpaired) electrons. The Balaban J connectivity index is 1.64. The number of hydrogen-bond donors (Lipinski definition) is 1. The molecule has 1 aromatic heterocycles. The minimum absolute atomic E-state index is 0.139. The second-order valence-corrected chi connectivity index (χ2v) is 7.01. The molecule has 3 rings (SSSR count). The van der Waals surface area contributed by atoms with E-state index in [1.54, 1.807) is 6.07 Å². The standard InChI is InChI=1S/C17H11BrF3N3O2S/c18-12-7-3-1-5-10(12)15-23-24-16(26-15)27-9-14(25)22-13-8-4-2-6-11(13)17(19,20)21/h1-8H,9H2,(H,22,25). The van der Waals surface area contributed by atoms with Crippen LogP contribution in [0.5, 0.6) is 0 Å². The van der Waals surface area contributed by atoms with Gasteiger partial charge in [-0.1, -0.05) is 36.0 Å². The average Bonchev–Trinajstić information content (AvgIpc) is 3.09. The number of carbonyl (C=O) groups is 1. The van der Waals surface area contributed by atoms with Crippen molar-refractivity contribution < 1.29 is 22.4 Å². The molecule has 1 heterocycles. The van der Waals surface area contributed by atoms with E-state index < -0.39 is 17.6 Å². The van der Waals surface area contributed by atoms with Crippen molar-refractivity contribution in [3.63, 3.8) is 0 Å². The largest absolute Gasteiger partial charge is 0.418 e. The van der Waals surface area contributed by atoms with Crippen LogP contribution in [0.4, 0.5) is 18.9 Å². The van der Waals surface area contributed by atoms with E-state index >= 15 is 0 Å². The van der Waals surface area contributed by atoms with Crippen LogP contribution in [0.2, 0.25) is 0 Å². The summed E-state index contributed by atoms with van der Waals surface area (Å²) in [6, 6.07) is 12.0. The summed E-state index contributed by atoms with van der Waals surface area (Å²) in [6.07, 6.45) is -4.55. The van der Waals surface area contributed by atoms with Crippen molar-refractivity contribution in [3.8, 4) is 11.5 Å². The molecule has 0 saturated heterocycles. The fraction of sp³-hybridized carbons (Fsp3) is 0.118. The number of halogens is 4. The van der Waals surface area contributed by atoms with Crippen LogP contribution in [-0.2, 0) is 11.0 Å². The lowest BCUT2D eigenvalue weighted by Crippen LogP contribution is -2.18. The van der Waals surface area contributed by atoms with Crippen LogP contribution in [0.15, 0.2) is 62.6 Å². The summed E-state index contributed by atoms with van der Waals surface area (Å²) in [5.41, 5.74) is -0.507. The molecule has 0 unspecified atom stereocenters. The lowest BCUT2D eigenvalue weighted by molar-refractivity contribution is -0.137. The third-order valence-electron chi connectivity index (χ3n) is 3.34. The van der Waals surface area contributed by atoms with Crippen molar-refractivity contribution in [3.05, 3.63) is 58.6 Å². The number of alkyl halides is 3. The maximum Gasteiger partial charge on any atom is 0.418 e.